The standard InChI is InChI=1S/C15H21N3/c1-11(2)15-17-7-8-18(15)14(10-16)13-6-4-5-12(3)9-13/h4-9,11,14H,10,16H2,1-3H3. The van der Waals surface area contributed by atoms with Crippen LogP contribution in [0.2, 0.25) is 0 Å². The summed E-state index contributed by atoms with van der Waals surface area (Å²) in [5, 5.41) is 0. The summed E-state index contributed by atoms with van der Waals surface area (Å²) in [7, 11) is 0. The van der Waals surface area contributed by atoms with E-state index in [1.165, 1.54) is 11.1 Å². The van der Waals surface area contributed by atoms with Crippen LogP contribution in [0.1, 0.15) is 42.8 Å². The summed E-state index contributed by atoms with van der Waals surface area (Å²) in [5.74, 6) is 1.49. The highest BCUT2D eigenvalue weighted by atomic mass is 15.1. The quantitative estimate of drug-likeness (QED) is 0.897. The van der Waals surface area contributed by atoms with Crippen LogP contribution in [0.5, 0.6) is 0 Å². The molecule has 1 aromatic carbocycles. The number of rotatable bonds is 4. The van der Waals surface area contributed by atoms with E-state index in [-0.39, 0.29) is 6.04 Å². The van der Waals surface area contributed by atoms with Gasteiger partial charge >= 0.3 is 0 Å². The molecule has 0 saturated carbocycles. The minimum atomic E-state index is 0.171. The summed E-state index contributed by atoms with van der Waals surface area (Å²) >= 11 is 0. The number of nitrogens with zero attached hydrogens (tertiary/aromatic N) is 2. The molecule has 0 fully saturated rings. The number of nitrogens with two attached hydrogens (primary N) is 1. The Morgan fingerprint density at radius 3 is 2.72 bits per heavy atom. The molecule has 1 aromatic heterocycles. The molecule has 3 nitrogen and oxygen atoms in total. The molecule has 2 rings (SSSR count). The van der Waals surface area contributed by atoms with Gasteiger partial charge < -0.3 is 10.3 Å². The highest BCUT2D eigenvalue weighted by molar-refractivity contribution is 5.26. The van der Waals surface area contributed by atoms with E-state index in [2.05, 4.69) is 54.6 Å². The van der Waals surface area contributed by atoms with Crippen LogP contribution in [0.15, 0.2) is 36.7 Å². The normalized spacial score (nSPS) is 12.9. The number of aromatic nitrogens is 2. The lowest BCUT2D eigenvalue weighted by molar-refractivity contribution is 0.548. The van der Waals surface area contributed by atoms with Crippen molar-refractivity contribution in [2.75, 3.05) is 6.54 Å². The van der Waals surface area contributed by atoms with Gasteiger partial charge in [0.25, 0.3) is 0 Å². The van der Waals surface area contributed by atoms with Crippen LogP contribution in [-0.4, -0.2) is 16.1 Å². The second-order valence-electron chi connectivity index (χ2n) is 5.01. The first-order valence-corrected chi connectivity index (χ1v) is 6.43. The molecular formula is C15H21N3. The maximum Gasteiger partial charge on any atom is 0.111 e. The van der Waals surface area contributed by atoms with Gasteiger partial charge in [0.05, 0.1) is 6.04 Å². The maximum absolute atomic E-state index is 5.97. The summed E-state index contributed by atoms with van der Waals surface area (Å²) in [4.78, 5) is 4.44. The van der Waals surface area contributed by atoms with Crippen LogP contribution in [0, 0.1) is 6.92 Å². The van der Waals surface area contributed by atoms with Crippen molar-refractivity contribution in [2.45, 2.75) is 32.7 Å². The van der Waals surface area contributed by atoms with Crippen molar-refractivity contribution in [1.29, 1.82) is 0 Å². The third-order valence-electron chi connectivity index (χ3n) is 3.20. The van der Waals surface area contributed by atoms with Gasteiger partial charge in [0.15, 0.2) is 0 Å². The predicted octanol–water partition coefficient (Wildman–Crippen LogP) is 2.86. The fraction of sp³-hybridized carbons (Fsp3) is 0.400. The van der Waals surface area contributed by atoms with Crippen molar-refractivity contribution in [3.05, 3.63) is 53.6 Å². The molecule has 2 N–H and O–H groups in total. The molecule has 0 radical (unpaired) electrons. The molecule has 3 heteroatoms. The average Bonchev–Trinajstić information content (AvgIpc) is 2.79. The zero-order valence-electron chi connectivity index (χ0n) is 11.3. The number of hydrogen-bond acceptors (Lipinski definition) is 2. The zero-order chi connectivity index (χ0) is 13.1. The van der Waals surface area contributed by atoms with E-state index in [1.54, 1.807) is 0 Å². The van der Waals surface area contributed by atoms with E-state index in [4.69, 9.17) is 5.73 Å². The van der Waals surface area contributed by atoms with E-state index in [0.717, 1.165) is 5.82 Å². The second-order valence-corrected chi connectivity index (χ2v) is 5.01. The topological polar surface area (TPSA) is 43.8 Å². The van der Waals surface area contributed by atoms with Crippen molar-refractivity contribution < 1.29 is 0 Å². The Kier molecular flexibility index (Phi) is 3.82. The summed E-state index contributed by atoms with van der Waals surface area (Å²) in [6.45, 7) is 7.00. The largest absolute Gasteiger partial charge is 0.328 e. The number of benzene rings is 1. The molecule has 1 heterocycles. The summed E-state index contributed by atoms with van der Waals surface area (Å²) in [6.07, 6.45) is 3.88. The van der Waals surface area contributed by atoms with Gasteiger partial charge in [-0.2, -0.15) is 0 Å². The molecule has 18 heavy (non-hydrogen) atoms. The highest BCUT2D eigenvalue weighted by Crippen LogP contribution is 2.23. The van der Waals surface area contributed by atoms with Gasteiger partial charge in [-0.25, -0.2) is 4.98 Å². The van der Waals surface area contributed by atoms with E-state index >= 15 is 0 Å². The molecule has 0 spiro atoms. The average molecular weight is 243 g/mol. The Hall–Kier alpha value is -1.61. The summed E-state index contributed by atoms with van der Waals surface area (Å²) in [6, 6.07) is 8.69. The van der Waals surface area contributed by atoms with E-state index in [1.807, 2.05) is 12.4 Å². The molecule has 0 bridgehead atoms. The van der Waals surface area contributed by atoms with Gasteiger partial charge in [-0.3, -0.25) is 0 Å². The molecular weight excluding hydrogens is 222 g/mol. The smallest absolute Gasteiger partial charge is 0.111 e. The van der Waals surface area contributed by atoms with E-state index < -0.39 is 0 Å². The molecule has 1 atom stereocenters. The van der Waals surface area contributed by atoms with Gasteiger partial charge in [-0.15, -0.1) is 0 Å². The summed E-state index contributed by atoms with van der Waals surface area (Å²) in [5.41, 5.74) is 8.48. The molecule has 96 valence electrons. The lowest BCUT2D eigenvalue weighted by Crippen LogP contribution is -2.22. The van der Waals surface area contributed by atoms with E-state index in [9.17, 15) is 0 Å². The summed E-state index contributed by atoms with van der Waals surface area (Å²) < 4.78 is 2.19. The first-order chi connectivity index (χ1) is 8.63. The Morgan fingerprint density at radius 2 is 2.11 bits per heavy atom. The molecule has 2 aromatic rings. The fourth-order valence-electron chi connectivity index (χ4n) is 2.32. The first-order valence-electron chi connectivity index (χ1n) is 6.43. The first kappa shape index (κ1) is 12.8. The lowest BCUT2D eigenvalue weighted by atomic mass is 10.0. The monoisotopic (exact) mass is 243 g/mol. The third kappa shape index (κ3) is 2.46. The lowest BCUT2D eigenvalue weighted by Gasteiger charge is -2.21. The van der Waals surface area contributed by atoms with Gasteiger partial charge in [0.1, 0.15) is 5.82 Å². The Morgan fingerprint density at radius 1 is 1.33 bits per heavy atom. The molecule has 1 unspecified atom stereocenters. The number of hydrogen-bond donors (Lipinski definition) is 1. The van der Waals surface area contributed by atoms with Crippen molar-refractivity contribution in [3.8, 4) is 0 Å². The van der Waals surface area contributed by atoms with Crippen LogP contribution in [0.25, 0.3) is 0 Å². The van der Waals surface area contributed by atoms with Crippen LogP contribution in [0.4, 0.5) is 0 Å². The van der Waals surface area contributed by atoms with Crippen molar-refractivity contribution in [3.63, 3.8) is 0 Å². The van der Waals surface area contributed by atoms with Gasteiger partial charge in [0, 0.05) is 24.9 Å². The predicted molar refractivity (Wildman–Crippen MR) is 74.7 cm³/mol. The molecule has 0 saturated heterocycles. The third-order valence-corrected chi connectivity index (χ3v) is 3.20. The van der Waals surface area contributed by atoms with Crippen LogP contribution in [0.3, 0.4) is 0 Å². The zero-order valence-corrected chi connectivity index (χ0v) is 11.3. The molecule has 0 amide bonds. The van der Waals surface area contributed by atoms with Crippen molar-refractivity contribution in [2.24, 2.45) is 5.73 Å². The SMILES string of the molecule is Cc1cccc(C(CN)n2ccnc2C(C)C)c1. The Balaban J connectivity index is 2.42. The minimum absolute atomic E-state index is 0.171. The van der Waals surface area contributed by atoms with Gasteiger partial charge in [0.2, 0.25) is 0 Å². The van der Waals surface area contributed by atoms with Crippen LogP contribution < -0.4 is 5.73 Å². The molecule has 0 aliphatic rings. The van der Waals surface area contributed by atoms with Crippen LogP contribution in [-0.2, 0) is 0 Å². The number of imidazole rings is 1. The maximum atomic E-state index is 5.97. The minimum Gasteiger partial charge on any atom is -0.328 e. The fourth-order valence-corrected chi connectivity index (χ4v) is 2.32. The van der Waals surface area contributed by atoms with Gasteiger partial charge in [-0.05, 0) is 12.5 Å². The van der Waals surface area contributed by atoms with Crippen LogP contribution >= 0.6 is 0 Å². The van der Waals surface area contributed by atoms with Gasteiger partial charge in [-0.1, -0.05) is 43.7 Å². The van der Waals surface area contributed by atoms with E-state index in [0.29, 0.717) is 12.5 Å². The Bertz CT molecular complexity index is 514. The molecule has 0 aliphatic heterocycles. The Labute approximate surface area is 109 Å². The van der Waals surface area contributed by atoms with Crippen molar-refractivity contribution >= 4 is 0 Å². The highest BCUT2D eigenvalue weighted by Gasteiger charge is 2.16. The molecule has 0 aliphatic carbocycles. The van der Waals surface area contributed by atoms with Crippen molar-refractivity contribution in [1.82, 2.24) is 9.55 Å². The second kappa shape index (κ2) is 5.36. The number of aryl methyl sites for hydroxylation is 1.